The molecule has 8 rings (SSSR count). The van der Waals surface area contributed by atoms with E-state index in [9.17, 15) is 19.5 Å². The number of aromatic hydroxyl groups is 1. The molecule has 1 saturated heterocycles. The molecule has 11 heteroatoms. The van der Waals surface area contributed by atoms with Crippen molar-refractivity contribution in [2.45, 2.75) is 45.8 Å². The van der Waals surface area contributed by atoms with Crippen LogP contribution in [0.25, 0.3) is 11.3 Å². The number of benzene rings is 4. The number of anilines is 2. The van der Waals surface area contributed by atoms with Gasteiger partial charge in [0.05, 0.1) is 11.3 Å². The summed E-state index contributed by atoms with van der Waals surface area (Å²) in [4.78, 5) is 52.6. The fourth-order valence-electron chi connectivity index (χ4n) is 8.42. The Morgan fingerprint density at radius 1 is 0.772 bits per heavy atom. The van der Waals surface area contributed by atoms with E-state index >= 15 is 0 Å². The van der Waals surface area contributed by atoms with Gasteiger partial charge in [0.2, 0.25) is 0 Å². The van der Waals surface area contributed by atoms with E-state index in [0.717, 1.165) is 71.9 Å². The van der Waals surface area contributed by atoms with Crippen LogP contribution in [0.4, 0.5) is 16.2 Å². The highest BCUT2D eigenvalue weighted by Crippen LogP contribution is 2.36. The number of carbonyl (C=O) groups excluding carboxylic acids is 3. The third-order valence-corrected chi connectivity index (χ3v) is 12.1. The van der Waals surface area contributed by atoms with E-state index < -0.39 is 6.09 Å². The van der Waals surface area contributed by atoms with Gasteiger partial charge in [0, 0.05) is 94.2 Å². The number of phenolic OH excluding ortho intramolecular Hbond substituents is 1. The number of nitrogens with zero attached hydrogens (tertiary/aromatic N) is 6. The van der Waals surface area contributed by atoms with Crippen LogP contribution in [0, 0.1) is 6.92 Å². The molecular formula is C46H50N6O5. The summed E-state index contributed by atoms with van der Waals surface area (Å²) in [6.07, 6.45) is 0.917. The van der Waals surface area contributed by atoms with Gasteiger partial charge >= 0.3 is 6.09 Å². The third-order valence-electron chi connectivity index (χ3n) is 12.1. The summed E-state index contributed by atoms with van der Waals surface area (Å²) in [6.45, 7) is 8.84. The SMILES string of the molecule is Cc1c(C(=O)N(C)c2ccc(O)cc2)cc(-c2cc3c(cc2C(=O)N2Cc4ccccc4C[C@H]2C)CN(C(=O)Oc2ccccc2N2CCN(C)CC2)CC3)n1C. The molecule has 0 spiro atoms. The highest BCUT2D eigenvalue weighted by molar-refractivity contribution is 6.08. The van der Waals surface area contributed by atoms with Crippen molar-refractivity contribution in [2.24, 2.45) is 7.05 Å². The highest BCUT2D eigenvalue weighted by atomic mass is 16.6. The number of hydrogen-bond acceptors (Lipinski definition) is 7. The van der Waals surface area contributed by atoms with Gasteiger partial charge in [-0.05, 0) is 111 Å². The molecule has 3 aliphatic rings. The maximum Gasteiger partial charge on any atom is 0.415 e. The molecule has 1 N–H and O–H groups in total. The van der Waals surface area contributed by atoms with E-state index in [4.69, 9.17) is 4.74 Å². The van der Waals surface area contributed by atoms with E-state index in [-0.39, 0.29) is 23.6 Å². The maximum atomic E-state index is 14.9. The topological polar surface area (TPSA) is 102 Å². The molecule has 4 aromatic carbocycles. The number of aromatic nitrogens is 1. The molecule has 1 fully saturated rings. The molecular weight excluding hydrogens is 717 g/mol. The van der Waals surface area contributed by atoms with E-state index in [2.05, 4.69) is 42.0 Å². The molecule has 1 atom stereocenters. The fraction of sp³-hybridized carbons (Fsp3) is 0.326. The highest BCUT2D eigenvalue weighted by Gasteiger charge is 2.33. The fourth-order valence-corrected chi connectivity index (χ4v) is 8.42. The van der Waals surface area contributed by atoms with Gasteiger partial charge in [-0.15, -0.1) is 0 Å². The number of ether oxygens (including phenoxy) is 1. The van der Waals surface area contributed by atoms with Gasteiger partial charge in [0.15, 0.2) is 5.75 Å². The van der Waals surface area contributed by atoms with Crippen molar-refractivity contribution >= 4 is 29.3 Å². The zero-order valence-electron chi connectivity index (χ0n) is 33.4. The first kappa shape index (κ1) is 37.8. The quantitative estimate of drug-likeness (QED) is 0.201. The van der Waals surface area contributed by atoms with Crippen LogP contribution in [0.2, 0.25) is 0 Å². The van der Waals surface area contributed by atoms with Crippen LogP contribution in [0.3, 0.4) is 0 Å². The monoisotopic (exact) mass is 766 g/mol. The number of fused-ring (bicyclic) bond motifs is 2. The van der Waals surface area contributed by atoms with Gasteiger partial charge in [-0.25, -0.2) is 4.79 Å². The minimum Gasteiger partial charge on any atom is -0.508 e. The predicted octanol–water partition coefficient (Wildman–Crippen LogP) is 6.88. The smallest absolute Gasteiger partial charge is 0.415 e. The lowest BCUT2D eigenvalue weighted by molar-refractivity contribution is 0.0658. The lowest BCUT2D eigenvalue weighted by atomic mass is 9.90. The minimum atomic E-state index is -0.417. The Balaban J connectivity index is 1.13. The largest absolute Gasteiger partial charge is 0.508 e. The summed E-state index contributed by atoms with van der Waals surface area (Å²) in [5, 5.41) is 9.82. The second kappa shape index (κ2) is 15.5. The zero-order valence-corrected chi connectivity index (χ0v) is 33.4. The van der Waals surface area contributed by atoms with Crippen LogP contribution in [0.5, 0.6) is 11.5 Å². The Hall–Kier alpha value is -6.07. The average Bonchev–Trinajstić information content (AvgIpc) is 3.52. The van der Waals surface area contributed by atoms with Crippen molar-refractivity contribution in [3.05, 3.63) is 130 Å². The number of carbonyl (C=O) groups is 3. The molecule has 0 saturated carbocycles. The van der Waals surface area contributed by atoms with E-state index in [1.54, 1.807) is 41.1 Å². The first-order chi connectivity index (χ1) is 27.5. The van der Waals surface area contributed by atoms with Gasteiger partial charge in [-0.1, -0.05) is 36.4 Å². The first-order valence-electron chi connectivity index (χ1n) is 19.7. The molecule has 3 amide bonds. The number of amides is 3. The van der Waals surface area contributed by atoms with Gasteiger partial charge in [-0.2, -0.15) is 0 Å². The summed E-state index contributed by atoms with van der Waals surface area (Å²) in [5.41, 5.74) is 9.22. The Kier molecular flexibility index (Phi) is 10.3. The second-order valence-corrected chi connectivity index (χ2v) is 15.7. The molecule has 3 aliphatic heterocycles. The van der Waals surface area contributed by atoms with E-state index in [1.807, 2.05) is 72.0 Å². The van der Waals surface area contributed by atoms with Gasteiger partial charge in [-0.3, -0.25) is 9.59 Å². The molecule has 4 heterocycles. The Morgan fingerprint density at radius 3 is 2.23 bits per heavy atom. The number of likely N-dealkylation sites (N-methyl/N-ethyl adjacent to an activating group) is 1. The Bertz CT molecular complexity index is 2340. The maximum absolute atomic E-state index is 14.9. The number of piperazine rings is 1. The summed E-state index contributed by atoms with van der Waals surface area (Å²) in [7, 11) is 5.75. The number of hydrogen-bond donors (Lipinski definition) is 1. The molecule has 0 aliphatic carbocycles. The van der Waals surface area contributed by atoms with Crippen molar-refractivity contribution in [1.82, 2.24) is 19.3 Å². The van der Waals surface area contributed by atoms with E-state index in [0.29, 0.717) is 48.6 Å². The van der Waals surface area contributed by atoms with Gasteiger partial charge < -0.3 is 38.9 Å². The second-order valence-electron chi connectivity index (χ2n) is 15.7. The van der Waals surface area contributed by atoms with Crippen molar-refractivity contribution in [3.8, 4) is 22.8 Å². The normalized spacial score (nSPS) is 16.9. The Labute approximate surface area is 334 Å². The lowest BCUT2D eigenvalue weighted by Crippen LogP contribution is -2.45. The summed E-state index contributed by atoms with van der Waals surface area (Å²) < 4.78 is 8.09. The van der Waals surface area contributed by atoms with Crippen LogP contribution < -0.4 is 14.5 Å². The zero-order chi connectivity index (χ0) is 40.0. The average molecular weight is 767 g/mol. The summed E-state index contributed by atoms with van der Waals surface area (Å²) >= 11 is 0. The van der Waals surface area contributed by atoms with E-state index in [1.165, 1.54) is 5.56 Å². The van der Waals surface area contributed by atoms with Crippen LogP contribution in [-0.4, -0.2) is 95.1 Å². The third kappa shape index (κ3) is 7.35. The molecule has 0 bridgehead atoms. The van der Waals surface area contributed by atoms with Crippen LogP contribution in [0.1, 0.15) is 55.6 Å². The molecule has 0 radical (unpaired) electrons. The lowest BCUT2D eigenvalue weighted by Gasteiger charge is -2.36. The van der Waals surface area contributed by atoms with Crippen LogP contribution in [-0.2, 0) is 33.0 Å². The van der Waals surface area contributed by atoms with Crippen LogP contribution in [0.15, 0.2) is 91.0 Å². The van der Waals surface area contributed by atoms with Gasteiger partial charge in [0.25, 0.3) is 11.8 Å². The van der Waals surface area contributed by atoms with Crippen molar-refractivity contribution in [3.63, 3.8) is 0 Å². The summed E-state index contributed by atoms with van der Waals surface area (Å²) in [5.74, 6) is 0.378. The number of para-hydroxylation sites is 2. The predicted molar refractivity (Wildman–Crippen MR) is 222 cm³/mol. The molecule has 57 heavy (non-hydrogen) atoms. The van der Waals surface area contributed by atoms with Crippen molar-refractivity contribution < 1.29 is 24.2 Å². The van der Waals surface area contributed by atoms with Crippen molar-refractivity contribution in [2.75, 3.05) is 56.6 Å². The molecule has 5 aromatic rings. The molecule has 294 valence electrons. The first-order valence-corrected chi connectivity index (χ1v) is 19.7. The summed E-state index contributed by atoms with van der Waals surface area (Å²) in [6, 6.07) is 28.4. The van der Waals surface area contributed by atoms with Gasteiger partial charge in [0.1, 0.15) is 5.75 Å². The molecule has 1 aromatic heterocycles. The van der Waals surface area contributed by atoms with Crippen LogP contribution >= 0.6 is 0 Å². The standard InChI is InChI=1S/C46H50N6O5/c1-30-24-32-10-6-7-11-34(32)29-52(30)45(55)40-26-35-28-51(46(56)57-43-13-9-8-12-41(43)50-22-20-47(3)21-23-50)19-18-33(35)25-39(40)42-27-38(31(2)48(42)4)44(54)49(5)36-14-16-37(53)17-15-36/h6-17,25-27,30,53H,18-24,28-29H2,1-5H3/t30-/m1/s1. The Morgan fingerprint density at radius 2 is 1.47 bits per heavy atom. The molecule has 11 nitrogen and oxygen atoms in total. The number of rotatable bonds is 6. The number of phenols is 1. The molecule has 0 unspecified atom stereocenters. The minimum absolute atomic E-state index is 0.0330. The van der Waals surface area contributed by atoms with Crippen molar-refractivity contribution in [1.29, 1.82) is 0 Å².